The molecule has 8 nitrogen and oxygen atoms in total. The Kier molecular flexibility index (Phi) is 6.61. The van der Waals surface area contributed by atoms with Gasteiger partial charge in [-0.25, -0.2) is 0 Å². The van der Waals surface area contributed by atoms with Crippen molar-refractivity contribution in [3.8, 4) is 11.5 Å². The maximum atomic E-state index is 13.5. The highest BCUT2D eigenvalue weighted by atomic mass is 16.7. The number of hydrogen-bond donors (Lipinski definition) is 1. The normalized spacial score (nSPS) is 18.4. The number of carbonyl (C=O) groups excluding carboxylic acids is 3. The van der Waals surface area contributed by atoms with E-state index in [9.17, 15) is 14.4 Å². The maximum absolute atomic E-state index is 13.5. The Labute approximate surface area is 205 Å². The monoisotopic (exact) mass is 477 g/mol. The molecule has 3 heterocycles. The van der Waals surface area contributed by atoms with Gasteiger partial charge in [-0.3, -0.25) is 14.4 Å². The molecule has 1 unspecified atom stereocenters. The molecule has 1 atom stereocenters. The van der Waals surface area contributed by atoms with Crippen LogP contribution in [0.1, 0.15) is 52.0 Å². The Bertz CT molecular complexity index is 1120. The van der Waals surface area contributed by atoms with Crippen LogP contribution in [-0.2, 0) is 4.79 Å². The summed E-state index contributed by atoms with van der Waals surface area (Å²) in [5, 5.41) is 3.03. The Balaban J connectivity index is 1.29. The highest BCUT2D eigenvalue weighted by Gasteiger charge is 2.37. The number of piperidine rings is 1. The lowest BCUT2D eigenvalue weighted by Gasteiger charge is -2.37. The van der Waals surface area contributed by atoms with Gasteiger partial charge in [0.2, 0.25) is 12.7 Å². The number of fused-ring (bicyclic) bond motifs is 1. The molecule has 2 aromatic carbocycles. The van der Waals surface area contributed by atoms with Crippen LogP contribution in [0.25, 0.3) is 0 Å². The van der Waals surface area contributed by atoms with E-state index >= 15 is 0 Å². The highest BCUT2D eigenvalue weighted by Crippen LogP contribution is 2.33. The van der Waals surface area contributed by atoms with Gasteiger partial charge in [0.1, 0.15) is 6.04 Å². The summed E-state index contributed by atoms with van der Waals surface area (Å²) in [5.74, 6) is 0.787. The van der Waals surface area contributed by atoms with Gasteiger partial charge in [0.15, 0.2) is 11.5 Å². The van der Waals surface area contributed by atoms with Crippen LogP contribution in [0, 0.1) is 12.8 Å². The van der Waals surface area contributed by atoms with E-state index in [1.165, 1.54) is 0 Å². The molecule has 1 N–H and O–H groups in total. The van der Waals surface area contributed by atoms with Crippen LogP contribution in [0.15, 0.2) is 42.5 Å². The third kappa shape index (κ3) is 4.83. The minimum atomic E-state index is -0.623. The summed E-state index contributed by atoms with van der Waals surface area (Å²) < 4.78 is 10.7. The second kappa shape index (κ2) is 9.98. The van der Waals surface area contributed by atoms with Crippen molar-refractivity contribution in [3.63, 3.8) is 0 Å². The van der Waals surface area contributed by atoms with Gasteiger partial charge >= 0.3 is 0 Å². The average Bonchev–Trinajstić information content (AvgIpc) is 3.59. The van der Waals surface area contributed by atoms with E-state index in [-0.39, 0.29) is 30.4 Å². The second-order valence-electron chi connectivity index (χ2n) is 9.50. The fraction of sp³-hybridized carbons (Fsp3) is 0.444. The predicted octanol–water partition coefficient (Wildman–Crippen LogP) is 3.00. The van der Waals surface area contributed by atoms with Crippen LogP contribution in [0.3, 0.4) is 0 Å². The molecule has 2 fully saturated rings. The van der Waals surface area contributed by atoms with Crippen molar-refractivity contribution in [2.24, 2.45) is 5.92 Å². The van der Waals surface area contributed by atoms with Crippen LogP contribution in [0.2, 0.25) is 0 Å². The number of amides is 3. The molecular formula is C27H31N3O5. The van der Waals surface area contributed by atoms with Gasteiger partial charge in [0, 0.05) is 37.3 Å². The zero-order chi connectivity index (χ0) is 24.4. The van der Waals surface area contributed by atoms with Gasteiger partial charge < -0.3 is 24.6 Å². The van der Waals surface area contributed by atoms with E-state index in [2.05, 4.69) is 5.32 Å². The molecule has 2 aromatic rings. The Hall–Kier alpha value is -3.55. The number of carbonyl (C=O) groups is 3. The predicted molar refractivity (Wildman–Crippen MR) is 129 cm³/mol. The van der Waals surface area contributed by atoms with Gasteiger partial charge in [-0.05, 0) is 68.4 Å². The summed E-state index contributed by atoms with van der Waals surface area (Å²) in [6.07, 6.45) is 3.28. The molecule has 5 rings (SSSR count). The fourth-order valence-electron chi connectivity index (χ4n) is 5.20. The first-order valence-electron chi connectivity index (χ1n) is 12.4. The first kappa shape index (κ1) is 23.2. The van der Waals surface area contributed by atoms with E-state index < -0.39 is 6.04 Å². The Morgan fingerprint density at radius 3 is 2.37 bits per heavy atom. The van der Waals surface area contributed by atoms with Crippen LogP contribution in [0.5, 0.6) is 11.5 Å². The highest BCUT2D eigenvalue weighted by molar-refractivity contribution is 5.98. The summed E-state index contributed by atoms with van der Waals surface area (Å²) in [7, 11) is 0. The van der Waals surface area contributed by atoms with Crippen molar-refractivity contribution in [2.45, 2.75) is 38.6 Å². The van der Waals surface area contributed by atoms with E-state index in [1.54, 1.807) is 18.2 Å². The standard InChI is InChI=1S/C27H31N3O5/c1-18-6-2-3-7-21(18)26(32)30-14-10-19(11-15-30)24(27(33)29-12-4-5-13-29)28-25(31)20-8-9-22-23(16-20)35-17-34-22/h2-3,6-9,16,19,24H,4-5,10-15,17H2,1H3,(H,28,31). The molecule has 0 spiro atoms. The second-order valence-corrected chi connectivity index (χ2v) is 9.50. The number of aryl methyl sites for hydroxylation is 1. The average molecular weight is 478 g/mol. The van der Waals surface area contributed by atoms with Crippen LogP contribution in [0.4, 0.5) is 0 Å². The van der Waals surface area contributed by atoms with Gasteiger partial charge in [-0.2, -0.15) is 0 Å². The number of nitrogens with one attached hydrogen (secondary N) is 1. The topological polar surface area (TPSA) is 88.2 Å². The first-order chi connectivity index (χ1) is 17.0. The number of benzene rings is 2. The lowest BCUT2D eigenvalue weighted by Crippen LogP contribution is -2.54. The van der Waals surface area contributed by atoms with Crippen molar-refractivity contribution >= 4 is 17.7 Å². The zero-order valence-electron chi connectivity index (χ0n) is 20.0. The minimum absolute atomic E-state index is 0.0216. The summed E-state index contributed by atoms with van der Waals surface area (Å²) in [4.78, 5) is 43.4. The van der Waals surface area contributed by atoms with Crippen LogP contribution >= 0.6 is 0 Å². The van der Waals surface area contributed by atoms with Gasteiger partial charge in [-0.15, -0.1) is 0 Å². The third-order valence-electron chi connectivity index (χ3n) is 7.28. The number of rotatable bonds is 5. The number of hydrogen-bond acceptors (Lipinski definition) is 5. The Morgan fingerprint density at radius 1 is 0.914 bits per heavy atom. The SMILES string of the molecule is Cc1ccccc1C(=O)N1CCC(C(NC(=O)c2ccc3c(c2)OCO3)C(=O)N2CCCC2)CC1. The summed E-state index contributed by atoms with van der Waals surface area (Å²) >= 11 is 0. The molecule has 3 aliphatic rings. The largest absolute Gasteiger partial charge is 0.454 e. The van der Waals surface area contributed by atoms with Gasteiger partial charge in [0.25, 0.3) is 11.8 Å². The molecule has 0 radical (unpaired) electrons. The maximum Gasteiger partial charge on any atom is 0.254 e. The molecule has 0 aromatic heterocycles. The van der Waals surface area contributed by atoms with E-state index in [1.807, 2.05) is 41.0 Å². The molecule has 0 aliphatic carbocycles. The van der Waals surface area contributed by atoms with E-state index in [4.69, 9.17) is 9.47 Å². The van der Waals surface area contributed by atoms with Gasteiger partial charge in [0.05, 0.1) is 0 Å². The quantitative estimate of drug-likeness (QED) is 0.715. The molecule has 184 valence electrons. The lowest BCUT2D eigenvalue weighted by molar-refractivity contribution is -0.134. The smallest absolute Gasteiger partial charge is 0.254 e. The minimum Gasteiger partial charge on any atom is -0.454 e. The molecule has 0 bridgehead atoms. The lowest BCUT2D eigenvalue weighted by atomic mass is 9.87. The van der Waals surface area contributed by atoms with Gasteiger partial charge in [-0.1, -0.05) is 18.2 Å². The van der Waals surface area contributed by atoms with Crippen molar-refractivity contribution < 1.29 is 23.9 Å². The Morgan fingerprint density at radius 2 is 1.63 bits per heavy atom. The molecule has 2 saturated heterocycles. The van der Waals surface area contributed by atoms with Crippen molar-refractivity contribution in [3.05, 3.63) is 59.2 Å². The molecule has 3 aliphatic heterocycles. The number of likely N-dealkylation sites (tertiary alicyclic amines) is 2. The molecular weight excluding hydrogens is 446 g/mol. The van der Waals surface area contributed by atoms with Crippen molar-refractivity contribution in [1.29, 1.82) is 0 Å². The van der Waals surface area contributed by atoms with E-state index in [0.717, 1.165) is 31.5 Å². The summed E-state index contributed by atoms with van der Waals surface area (Å²) in [5.41, 5.74) is 2.10. The van der Waals surface area contributed by atoms with Crippen LogP contribution in [-0.4, -0.2) is 66.5 Å². The number of ether oxygens (including phenoxy) is 2. The summed E-state index contributed by atoms with van der Waals surface area (Å²) in [6.45, 7) is 4.63. The summed E-state index contributed by atoms with van der Waals surface area (Å²) in [6, 6.07) is 12.0. The molecule has 3 amide bonds. The fourth-order valence-corrected chi connectivity index (χ4v) is 5.20. The first-order valence-corrected chi connectivity index (χ1v) is 12.4. The zero-order valence-corrected chi connectivity index (χ0v) is 20.0. The molecule has 35 heavy (non-hydrogen) atoms. The van der Waals surface area contributed by atoms with Crippen molar-refractivity contribution in [2.75, 3.05) is 33.0 Å². The molecule has 8 heteroatoms. The molecule has 0 saturated carbocycles. The van der Waals surface area contributed by atoms with E-state index in [0.29, 0.717) is 48.6 Å². The van der Waals surface area contributed by atoms with Crippen molar-refractivity contribution in [1.82, 2.24) is 15.1 Å². The van der Waals surface area contributed by atoms with Crippen LogP contribution < -0.4 is 14.8 Å². The number of nitrogens with zero attached hydrogens (tertiary/aromatic N) is 2. The third-order valence-corrected chi connectivity index (χ3v) is 7.28.